The average molecular weight is 1090 g/mol. The lowest BCUT2D eigenvalue weighted by Crippen LogP contribution is -2.71. The lowest BCUT2D eigenvalue weighted by atomic mass is 10.0. The van der Waals surface area contributed by atoms with Crippen LogP contribution in [0.3, 0.4) is 0 Å². The summed E-state index contributed by atoms with van der Waals surface area (Å²) in [4.78, 5) is 32.6. The van der Waals surface area contributed by atoms with Gasteiger partial charge in [0.15, 0.2) is 0 Å². The number of anilines is 4. The third-order valence-electron chi connectivity index (χ3n) is 14.6. The predicted molar refractivity (Wildman–Crippen MR) is 276 cm³/mol. The highest BCUT2D eigenvalue weighted by Crippen LogP contribution is 2.34. The Bertz CT molecular complexity index is 2530. The molecule has 0 spiro atoms. The van der Waals surface area contributed by atoms with Gasteiger partial charge in [-0.05, 0) is 55.0 Å². The largest absolute Gasteiger partial charge is 0.748 e. The van der Waals surface area contributed by atoms with Gasteiger partial charge >= 0.3 is 0 Å². The molecule has 3 unspecified atom stereocenters. The fourth-order valence-electron chi connectivity index (χ4n) is 10.9. The molecule has 9 aliphatic heterocycles. The van der Waals surface area contributed by atoms with Crippen LogP contribution in [0.1, 0.15) is 19.3 Å². The number of rotatable bonds is 9. The molecule has 9 aliphatic rings. The third-order valence-corrected chi connectivity index (χ3v) is 15.2. The second-order valence-corrected chi connectivity index (χ2v) is 23.9. The highest BCUT2D eigenvalue weighted by Gasteiger charge is 2.48. The Morgan fingerprint density at radius 1 is 0.514 bits per heavy atom. The van der Waals surface area contributed by atoms with Crippen molar-refractivity contribution in [2.75, 3.05) is 157 Å². The van der Waals surface area contributed by atoms with Gasteiger partial charge in [-0.25, -0.2) is 16.8 Å². The molecule has 0 radical (unpaired) electrons. The van der Waals surface area contributed by atoms with Gasteiger partial charge in [0.1, 0.15) is 12.1 Å². The van der Waals surface area contributed by atoms with E-state index >= 15 is 0 Å². The zero-order chi connectivity index (χ0) is 51.8. The van der Waals surface area contributed by atoms with E-state index in [9.17, 15) is 28.6 Å². The van der Waals surface area contributed by atoms with Crippen molar-refractivity contribution in [2.45, 2.75) is 37.5 Å². The van der Waals surface area contributed by atoms with Crippen molar-refractivity contribution >= 4 is 76.9 Å². The van der Waals surface area contributed by atoms with Crippen LogP contribution in [0.2, 0.25) is 0 Å². The first kappa shape index (κ1) is 58.4. The number of fused-ring (bicyclic) bond motifs is 6. The Morgan fingerprint density at radius 3 is 1.11 bits per heavy atom. The van der Waals surface area contributed by atoms with E-state index in [1.54, 1.807) is 24.3 Å². The first-order valence-corrected chi connectivity index (χ1v) is 29.2. The summed E-state index contributed by atoms with van der Waals surface area (Å²) in [6.07, 6.45) is 5.10. The van der Waals surface area contributed by atoms with Crippen molar-refractivity contribution in [2.24, 2.45) is 0 Å². The minimum absolute atomic E-state index is 0. The molecule has 0 saturated carbocycles. The molecule has 3 aromatic rings. The minimum atomic E-state index is -3.92. The van der Waals surface area contributed by atoms with Gasteiger partial charge in [0.2, 0.25) is 0 Å². The Morgan fingerprint density at radius 2 is 0.806 bits per heavy atom. The molecular formula is C45H69ClN10O13S3. The molecule has 23 nitrogen and oxygen atoms in total. The molecule has 0 aliphatic carbocycles. The van der Waals surface area contributed by atoms with Crippen molar-refractivity contribution in [3.05, 3.63) is 93.0 Å². The second-order valence-electron chi connectivity index (χ2n) is 19.4. The Balaban J connectivity index is 0.000000182. The first-order chi connectivity index (χ1) is 33.3. The fourth-order valence-corrected chi connectivity index (χ4v) is 11.5. The molecule has 72 heavy (non-hydrogen) atoms. The van der Waals surface area contributed by atoms with Gasteiger partial charge in [-0.3, -0.25) is 34.2 Å². The Kier molecular flexibility index (Phi) is 20.0. The molecule has 402 valence electrons. The summed E-state index contributed by atoms with van der Waals surface area (Å²) in [7, 11) is -11.3. The van der Waals surface area contributed by atoms with Crippen LogP contribution < -0.4 is 20.4 Å². The van der Waals surface area contributed by atoms with E-state index < -0.39 is 35.3 Å². The number of piperazine rings is 6. The lowest BCUT2D eigenvalue weighted by Gasteiger charge is -2.53. The fraction of sp³-hybridized carbons (Fsp3) is 0.600. The number of nitro benzene ring substituents is 2. The summed E-state index contributed by atoms with van der Waals surface area (Å²) in [6, 6.07) is 23.2. The smallest absolute Gasteiger partial charge is 0.269 e. The molecule has 0 aromatic heterocycles. The predicted octanol–water partition coefficient (Wildman–Crippen LogP) is 2.21. The number of hydrogen-bond acceptors (Lipinski definition) is 19. The molecule has 0 amide bonds. The van der Waals surface area contributed by atoms with Gasteiger partial charge in [-0.15, -0.1) is 12.4 Å². The maximum absolute atomic E-state index is 11.0. The Hall–Kier alpha value is -4.48. The molecule has 9 heterocycles. The summed E-state index contributed by atoms with van der Waals surface area (Å²) >= 11 is 0. The zero-order valence-electron chi connectivity index (χ0n) is 41.1. The highest BCUT2D eigenvalue weighted by atomic mass is 35.5. The molecular weight excluding hydrogens is 1020 g/mol. The van der Waals surface area contributed by atoms with Gasteiger partial charge in [-0.2, -0.15) is 8.42 Å². The van der Waals surface area contributed by atoms with Crippen LogP contribution in [0.15, 0.2) is 72.8 Å². The maximum Gasteiger partial charge on any atom is 0.269 e. The quantitative estimate of drug-likeness (QED) is 0.0802. The van der Waals surface area contributed by atoms with Crippen LogP contribution >= 0.6 is 12.4 Å². The van der Waals surface area contributed by atoms with Crippen LogP contribution in [-0.4, -0.2) is 218 Å². The van der Waals surface area contributed by atoms with Crippen molar-refractivity contribution in [1.82, 2.24) is 9.80 Å². The first-order valence-electron chi connectivity index (χ1n) is 23.7. The molecule has 9 saturated heterocycles. The second kappa shape index (κ2) is 24.7. The molecule has 9 fully saturated rings. The van der Waals surface area contributed by atoms with Crippen molar-refractivity contribution in [1.29, 1.82) is 0 Å². The topological polar surface area (TPSA) is 286 Å². The van der Waals surface area contributed by atoms with Crippen LogP contribution in [0.4, 0.5) is 34.1 Å². The molecule has 3 aromatic carbocycles. The SMILES string of the molecule is CS(=O)(=O)OC1CCN(c2ccc([N+](=O)[O-])cc2)C1.CS(=O)(=O)[O-].CS(=O)(=O)[O-].Cl.Nc1ccc(N2CCC([N+]34CCN(CC3)CC4)C2)cc1.O=[N+]([O-])c1ccc(N2CCC([N+]34CCN(CC3)CC4)C2)cc1. The van der Waals surface area contributed by atoms with Gasteiger partial charge in [0.05, 0.1) is 94.8 Å². The van der Waals surface area contributed by atoms with Gasteiger partial charge in [-0.1, -0.05) is 0 Å². The standard InChI is InChI=1S/C16H23N4O2.C16H25N4.C11H14N2O5S.2CH4O3S.ClH/c21-19(22)15-3-1-14(2-4-15)18-6-5-16(13-18)20-10-7-17(8-11-20)9-12-20;17-14-1-3-15(4-2-14)19-6-5-16(13-19)20-10-7-18(8-11-20)9-12-20;1-19(16,17)18-11-6-7-12(8-11)9-2-4-10(5-3-9)13(14)15;2*1-5(2,3)4;/h1-4,16H,5-13H2;1-4,16H,5-13,17H2;2-5,11H,6-8H2,1H3;2*1H3,(H,2,3,4);1H/q2*+1;;;;/p-2. The van der Waals surface area contributed by atoms with Crippen molar-refractivity contribution in [3.63, 3.8) is 0 Å². The summed E-state index contributed by atoms with van der Waals surface area (Å²) in [5, 5.41) is 21.3. The van der Waals surface area contributed by atoms with Gasteiger partial charge in [0, 0.05) is 138 Å². The molecule has 3 atom stereocenters. The van der Waals surface area contributed by atoms with E-state index in [4.69, 9.17) is 35.9 Å². The monoisotopic (exact) mass is 1090 g/mol. The molecule has 12 rings (SSSR count). The van der Waals surface area contributed by atoms with Gasteiger partial charge in [0.25, 0.3) is 21.5 Å². The number of quaternary nitrogens is 2. The van der Waals surface area contributed by atoms with E-state index in [1.807, 2.05) is 29.2 Å². The molecule has 4 bridgehead atoms. The molecule has 27 heteroatoms. The van der Waals surface area contributed by atoms with E-state index in [0.717, 1.165) is 48.5 Å². The summed E-state index contributed by atoms with van der Waals surface area (Å²) in [5.41, 5.74) is 10.2. The summed E-state index contributed by atoms with van der Waals surface area (Å²) < 4.78 is 84.2. The van der Waals surface area contributed by atoms with E-state index in [2.05, 4.69) is 31.7 Å². The normalized spacial score (nSPS) is 27.3. The number of nitro groups is 2. The number of benzene rings is 3. The summed E-state index contributed by atoms with van der Waals surface area (Å²) in [6.45, 7) is 21.5. The van der Waals surface area contributed by atoms with Crippen molar-refractivity contribution in [3.8, 4) is 0 Å². The van der Waals surface area contributed by atoms with E-state index in [1.165, 1.54) is 131 Å². The number of hydrogen-bond donors (Lipinski definition) is 1. The van der Waals surface area contributed by atoms with Crippen LogP contribution in [0.5, 0.6) is 0 Å². The van der Waals surface area contributed by atoms with Crippen LogP contribution in [-0.2, 0) is 34.5 Å². The highest BCUT2D eigenvalue weighted by molar-refractivity contribution is 7.86. The van der Waals surface area contributed by atoms with E-state index in [0.29, 0.717) is 32.0 Å². The zero-order valence-corrected chi connectivity index (χ0v) is 44.3. The van der Waals surface area contributed by atoms with Gasteiger partial charge < -0.3 is 38.5 Å². The average Bonchev–Trinajstić information content (AvgIpc) is 4.13. The Labute approximate surface area is 429 Å². The summed E-state index contributed by atoms with van der Waals surface area (Å²) in [5.74, 6) is 0. The number of nitrogens with zero attached hydrogens (tertiary/aromatic N) is 9. The number of nitrogens with two attached hydrogens (primary N) is 1. The lowest BCUT2D eigenvalue weighted by molar-refractivity contribution is -0.961. The number of halogens is 1. The third kappa shape index (κ3) is 17.3. The molecule has 2 N–H and O–H groups in total. The number of non-ortho nitro benzene ring substituents is 2. The van der Waals surface area contributed by atoms with Crippen LogP contribution in [0.25, 0.3) is 0 Å². The maximum atomic E-state index is 11.0. The minimum Gasteiger partial charge on any atom is -0.748 e. The van der Waals surface area contributed by atoms with E-state index in [-0.39, 0.29) is 34.8 Å². The van der Waals surface area contributed by atoms with Crippen molar-refractivity contribution < 1.29 is 57.4 Å². The number of nitrogen functional groups attached to an aromatic ring is 1. The van der Waals surface area contributed by atoms with Crippen LogP contribution in [0, 0.1) is 20.2 Å².